The lowest BCUT2D eigenvalue weighted by molar-refractivity contribution is 0.195. The zero-order valence-corrected chi connectivity index (χ0v) is 28.1. The van der Waals surface area contributed by atoms with Gasteiger partial charge in [-0.25, -0.2) is 0 Å². The van der Waals surface area contributed by atoms with Crippen LogP contribution in [0.2, 0.25) is 0 Å². The summed E-state index contributed by atoms with van der Waals surface area (Å²) < 4.78 is 0. The number of rotatable bonds is 3. The first kappa shape index (κ1) is 28.8. The molecular weight excluding hydrogens is 589 g/mol. The molecular formula is C49H40. The average Bonchev–Trinajstić information content (AvgIpc) is 3.39. The third-order valence-corrected chi connectivity index (χ3v) is 12.3. The fraction of sp³-hybridized carbons (Fsp3) is 0.184. The van der Waals surface area contributed by atoms with Crippen LogP contribution in [0.3, 0.4) is 0 Å². The minimum absolute atomic E-state index is 0.0908. The second-order valence-electron chi connectivity index (χ2n) is 15.2. The molecule has 10 rings (SSSR count). The molecule has 49 heavy (non-hydrogen) atoms. The van der Waals surface area contributed by atoms with Crippen LogP contribution in [0.15, 0.2) is 170 Å². The van der Waals surface area contributed by atoms with E-state index in [9.17, 15) is 0 Å². The highest BCUT2D eigenvalue weighted by Crippen LogP contribution is 2.54. The maximum absolute atomic E-state index is 2.60. The number of benzene rings is 5. The first-order valence-electron chi connectivity index (χ1n) is 18.0. The molecule has 0 bridgehead atoms. The van der Waals surface area contributed by atoms with Crippen molar-refractivity contribution >= 4 is 16.3 Å². The molecule has 0 aliphatic heterocycles. The Morgan fingerprint density at radius 3 is 1.86 bits per heavy atom. The smallest absolute Gasteiger partial charge is 0.0159 e. The topological polar surface area (TPSA) is 0 Å². The molecule has 5 aliphatic carbocycles. The summed E-state index contributed by atoms with van der Waals surface area (Å²) in [5, 5.41) is 2.57. The number of hydrogen-bond donors (Lipinski definition) is 0. The van der Waals surface area contributed by atoms with Crippen molar-refractivity contribution < 1.29 is 0 Å². The van der Waals surface area contributed by atoms with E-state index in [-0.39, 0.29) is 5.41 Å². The largest absolute Gasteiger partial charge is 0.0807 e. The summed E-state index contributed by atoms with van der Waals surface area (Å²) in [6, 6.07) is 39.1. The highest BCUT2D eigenvalue weighted by molar-refractivity contribution is 5.90. The summed E-state index contributed by atoms with van der Waals surface area (Å²) in [5.41, 5.74) is 13.4. The molecule has 0 saturated carbocycles. The minimum atomic E-state index is -0.0908. The van der Waals surface area contributed by atoms with Crippen LogP contribution >= 0.6 is 0 Å². The van der Waals surface area contributed by atoms with Gasteiger partial charge < -0.3 is 0 Å². The Hall–Kier alpha value is -5.20. The van der Waals surface area contributed by atoms with Crippen molar-refractivity contribution in [2.24, 2.45) is 35.5 Å². The Morgan fingerprint density at radius 1 is 0.449 bits per heavy atom. The van der Waals surface area contributed by atoms with E-state index in [1.807, 2.05) is 0 Å². The van der Waals surface area contributed by atoms with E-state index in [4.69, 9.17) is 0 Å². The van der Waals surface area contributed by atoms with Crippen LogP contribution in [0.4, 0.5) is 0 Å². The Kier molecular flexibility index (Phi) is 6.41. The van der Waals surface area contributed by atoms with Crippen molar-refractivity contribution in [2.45, 2.75) is 19.3 Å². The van der Waals surface area contributed by atoms with Crippen LogP contribution in [0, 0.1) is 35.5 Å². The van der Waals surface area contributed by atoms with E-state index in [1.54, 1.807) is 0 Å². The lowest BCUT2D eigenvalue weighted by Gasteiger charge is -2.47. The van der Waals surface area contributed by atoms with Gasteiger partial charge in [0.15, 0.2) is 0 Å². The number of allylic oxidation sites excluding steroid dienone is 12. The normalized spacial score (nSPS) is 26.4. The maximum atomic E-state index is 2.60. The van der Waals surface area contributed by atoms with Crippen LogP contribution < -0.4 is 0 Å². The van der Waals surface area contributed by atoms with E-state index >= 15 is 0 Å². The molecule has 5 aromatic carbocycles. The standard InChI is InChI=1S/C49H40/c1-49(2)46-29-36(22-24-42(46)43-25-23-37(30-47(43)49)35-20-18-31-10-3-4-12-33(31)26-35)34-13-9-14-38(27-34)45-28-39-21-19-32-11-5-6-15-40(32)48(39)44-17-8-7-16-41(44)45/h3-30,32,39-41,44,48H,1-2H3. The first-order valence-corrected chi connectivity index (χ1v) is 18.0. The fourth-order valence-electron chi connectivity index (χ4n) is 9.79. The lowest BCUT2D eigenvalue weighted by Crippen LogP contribution is -2.40. The highest BCUT2D eigenvalue weighted by atomic mass is 14.5. The molecule has 0 nitrogen and oxygen atoms in total. The minimum Gasteiger partial charge on any atom is -0.0807 e. The monoisotopic (exact) mass is 628 g/mol. The van der Waals surface area contributed by atoms with Gasteiger partial charge in [-0.05, 0) is 114 Å². The fourth-order valence-corrected chi connectivity index (χ4v) is 9.79. The number of hydrogen-bond acceptors (Lipinski definition) is 0. The van der Waals surface area contributed by atoms with Crippen LogP contribution in [0.1, 0.15) is 30.5 Å². The van der Waals surface area contributed by atoms with Gasteiger partial charge >= 0.3 is 0 Å². The summed E-state index contributed by atoms with van der Waals surface area (Å²) in [6.07, 6.45) is 26.4. The molecule has 0 aromatic heterocycles. The predicted molar refractivity (Wildman–Crippen MR) is 207 cm³/mol. The average molecular weight is 629 g/mol. The molecule has 5 aliphatic rings. The van der Waals surface area contributed by atoms with Crippen LogP contribution in [-0.2, 0) is 5.41 Å². The third-order valence-electron chi connectivity index (χ3n) is 12.3. The highest BCUT2D eigenvalue weighted by Gasteiger charge is 2.44. The number of fused-ring (bicyclic) bond motifs is 9. The Morgan fingerprint density at radius 2 is 1.06 bits per heavy atom. The van der Waals surface area contributed by atoms with Crippen LogP contribution in [-0.4, -0.2) is 0 Å². The third kappa shape index (κ3) is 4.50. The van der Waals surface area contributed by atoms with Crippen molar-refractivity contribution in [1.82, 2.24) is 0 Å². The molecule has 0 spiro atoms. The summed E-state index contributed by atoms with van der Waals surface area (Å²) in [4.78, 5) is 0. The Labute approximate surface area is 290 Å². The van der Waals surface area contributed by atoms with Crippen LogP contribution in [0.5, 0.6) is 0 Å². The summed E-state index contributed by atoms with van der Waals surface area (Å²) in [6.45, 7) is 4.79. The maximum Gasteiger partial charge on any atom is 0.0159 e. The Balaban J connectivity index is 1.00. The summed E-state index contributed by atoms with van der Waals surface area (Å²) in [7, 11) is 0. The van der Waals surface area contributed by atoms with E-state index in [0.29, 0.717) is 35.5 Å². The quantitative estimate of drug-likeness (QED) is 0.174. The van der Waals surface area contributed by atoms with Crippen molar-refractivity contribution in [1.29, 1.82) is 0 Å². The van der Waals surface area contributed by atoms with Crippen molar-refractivity contribution in [3.63, 3.8) is 0 Å². The summed E-state index contributed by atoms with van der Waals surface area (Å²) >= 11 is 0. The molecule has 5 aromatic rings. The second kappa shape index (κ2) is 10.9. The van der Waals surface area contributed by atoms with E-state index in [2.05, 4.69) is 184 Å². The van der Waals surface area contributed by atoms with E-state index < -0.39 is 0 Å². The molecule has 0 N–H and O–H groups in total. The van der Waals surface area contributed by atoms with Gasteiger partial charge in [-0.2, -0.15) is 0 Å². The molecule has 0 heterocycles. The van der Waals surface area contributed by atoms with Crippen molar-refractivity contribution in [2.75, 3.05) is 0 Å². The SMILES string of the molecule is CC1(C)c2cc(-c3cccc(C4=CC5C=CC6C=CC=CC6C5C5C=CC=CC45)c3)ccc2-c2ccc(-c3ccc4ccccc4c3)cc21. The Bertz CT molecular complexity index is 2350. The van der Waals surface area contributed by atoms with Gasteiger partial charge in [-0.3, -0.25) is 0 Å². The molecule has 6 unspecified atom stereocenters. The van der Waals surface area contributed by atoms with Crippen LogP contribution in [0.25, 0.3) is 49.7 Å². The van der Waals surface area contributed by atoms with Gasteiger partial charge in [0, 0.05) is 17.3 Å². The zero-order valence-electron chi connectivity index (χ0n) is 28.1. The summed E-state index contributed by atoms with van der Waals surface area (Å²) in [5.74, 6) is 3.04. The van der Waals surface area contributed by atoms with Gasteiger partial charge in [-0.15, -0.1) is 0 Å². The first-order chi connectivity index (χ1) is 24.0. The van der Waals surface area contributed by atoms with Gasteiger partial charge in [0.2, 0.25) is 0 Å². The second-order valence-corrected chi connectivity index (χ2v) is 15.2. The molecule has 0 saturated heterocycles. The van der Waals surface area contributed by atoms with Crippen molar-refractivity contribution in [3.8, 4) is 33.4 Å². The molecule has 0 fully saturated rings. The lowest BCUT2D eigenvalue weighted by atomic mass is 9.56. The molecule has 6 atom stereocenters. The van der Waals surface area contributed by atoms with E-state index in [0.717, 1.165) is 0 Å². The molecule has 236 valence electrons. The van der Waals surface area contributed by atoms with Crippen molar-refractivity contribution in [3.05, 3.63) is 187 Å². The van der Waals surface area contributed by atoms with E-state index in [1.165, 1.54) is 66.4 Å². The van der Waals surface area contributed by atoms with Gasteiger partial charge in [0.25, 0.3) is 0 Å². The molecule has 0 heteroatoms. The molecule has 0 amide bonds. The van der Waals surface area contributed by atoms with Gasteiger partial charge in [0.05, 0.1) is 0 Å². The van der Waals surface area contributed by atoms with Gasteiger partial charge in [-0.1, -0.05) is 160 Å². The van der Waals surface area contributed by atoms with Gasteiger partial charge in [0.1, 0.15) is 0 Å². The predicted octanol–water partition coefficient (Wildman–Crippen LogP) is 12.4. The zero-order chi connectivity index (χ0) is 32.7. The molecule has 0 radical (unpaired) electrons.